The van der Waals surface area contributed by atoms with Gasteiger partial charge in [-0.25, -0.2) is 26.4 Å². The largest absolute Gasteiger partial charge is 0.477 e. The quantitative estimate of drug-likeness (QED) is 0.717. The molecule has 0 spiro atoms. The number of hydrogen-bond donors (Lipinski definition) is 2. The first kappa shape index (κ1) is 17.7. The van der Waals surface area contributed by atoms with E-state index in [9.17, 15) is 21.6 Å². The lowest BCUT2D eigenvalue weighted by Crippen LogP contribution is -2.37. The number of rotatable bonds is 7. The molecule has 1 atom stereocenters. The average molecular weight is 338 g/mol. The van der Waals surface area contributed by atoms with Crippen LogP contribution >= 0.6 is 0 Å². The van der Waals surface area contributed by atoms with Crippen molar-refractivity contribution in [2.75, 3.05) is 12.0 Å². The van der Waals surface area contributed by atoms with Crippen LogP contribution in [0.3, 0.4) is 0 Å². The molecule has 0 aromatic carbocycles. The van der Waals surface area contributed by atoms with Crippen LogP contribution in [0.25, 0.3) is 0 Å². The van der Waals surface area contributed by atoms with Gasteiger partial charge in [-0.2, -0.15) is 0 Å². The van der Waals surface area contributed by atoms with E-state index in [2.05, 4.69) is 4.72 Å². The first-order valence-electron chi connectivity index (χ1n) is 6.10. The minimum Gasteiger partial charge on any atom is -0.477 e. The number of aryl methyl sites for hydroxylation is 1. The molecule has 0 amide bonds. The number of carbonyl (C=O) groups is 1. The molecule has 1 aromatic heterocycles. The first-order chi connectivity index (χ1) is 9.46. The summed E-state index contributed by atoms with van der Waals surface area (Å²) >= 11 is 0. The number of sulfone groups is 1. The van der Waals surface area contributed by atoms with E-state index in [0.29, 0.717) is 6.54 Å². The van der Waals surface area contributed by atoms with Gasteiger partial charge in [0.05, 0.1) is 5.75 Å². The van der Waals surface area contributed by atoms with Crippen LogP contribution in [-0.2, 0) is 26.4 Å². The monoisotopic (exact) mass is 338 g/mol. The lowest BCUT2D eigenvalue weighted by atomic mass is 10.4. The zero-order chi connectivity index (χ0) is 16.4. The summed E-state index contributed by atoms with van der Waals surface area (Å²) in [5.41, 5.74) is -0.145. The summed E-state index contributed by atoms with van der Waals surface area (Å²) in [5, 5.41) is 9.00. The zero-order valence-corrected chi connectivity index (χ0v) is 13.5. The standard InChI is InChI=1S/C11H18N2O6S2/c1-4-13-6-9(5-10(13)11(14)15)21(18,19)12-8(2)7-20(3,16)17/h5-6,8,12H,4,7H2,1-3H3,(H,14,15). The van der Waals surface area contributed by atoms with Gasteiger partial charge in [-0.1, -0.05) is 0 Å². The van der Waals surface area contributed by atoms with Crippen LogP contribution in [0.15, 0.2) is 17.2 Å². The molecule has 21 heavy (non-hydrogen) atoms. The maximum atomic E-state index is 12.1. The van der Waals surface area contributed by atoms with Gasteiger partial charge in [-0.05, 0) is 19.9 Å². The van der Waals surface area contributed by atoms with Crippen LogP contribution in [0.1, 0.15) is 24.3 Å². The highest BCUT2D eigenvalue weighted by Crippen LogP contribution is 2.15. The fourth-order valence-corrected chi connectivity index (χ4v) is 4.27. The topological polar surface area (TPSA) is 123 Å². The van der Waals surface area contributed by atoms with Crippen molar-refractivity contribution in [2.45, 2.75) is 31.3 Å². The van der Waals surface area contributed by atoms with Crippen molar-refractivity contribution in [3.63, 3.8) is 0 Å². The highest BCUT2D eigenvalue weighted by Gasteiger charge is 2.23. The Kier molecular flexibility index (Phi) is 5.18. The summed E-state index contributed by atoms with van der Waals surface area (Å²) < 4.78 is 50.0. The van der Waals surface area contributed by atoms with E-state index in [0.717, 1.165) is 12.3 Å². The Labute approximate surface area is 123 Å². The van der Waals surface area contributed by atoms with Gasteiger partial charge in [0, 0.05) is 25.0 Å². The molecule has 0 aliphatic rings. The third kappa shape index (κ3) is 4.83. The van der Waals surface area contributed by atoms with Gasteiger partial charge in [0.2, 0.25) is 10.0 Å². The number of nitrogens with zero attached hydrogens (tertiary/aromatic N) is 1. The molecular formula is C11H18N2O6S2. The predicted molar refractivity (Wildman–Crippen MR) is 76.6 cm³/mol. The Hall–Kier alpha value is -1.39. The number of carboxylic acids is 1. The number of aromatic nitrogens is 1. The average Bonchev–Trinajstić information content (AvgIpc) is 2.69. The van der Waals surface area contributed by atoms with Gasteiger partial charge in [-0.15, -0.1) is 0 Å². The zero-order valence-electron chi connectivity index (χ0n) is 11.9. The van der Waals surface area contributed by atoms with Gasteiger partial charge in [0.1, 0.15) is 20.4 Å². The predicted octanol–water partition coefficient (Wildman–Crippen LogP) is -0.0824. The number of carboxylic acid groups (broad SMARTS) is 1. The van der Waals surface area contributed by atoms with E-state index < -0.39 is 31.9 Å². The lowest BCUT2D eigenvalue weighted by molar-refractivity contribution is 0.0685. The van der Waals surface area contributed by atoms with Crippen molar-refractivity contribution in [1.82, 2.24) is 9.29 Å². The van der Waals surface area contributed by atoms with Crippen LogP contribution in [0.5, 0.6) is 0 Å². The number of aromatic carboxylic acids is 1. The normalized spacial score (nSPS) is 14.0. The van der Waals surface area contributed by atoms with Gasteiger partial charge >= 0.3 is 5.97 Å². The van der Waals surface area contributed by atoms with Gasteiger partial charge in [0.15, 0.2) is 0 Å². The third-order valence-corrected chi connectivity index (χ3v) is 5.31. The fourth-order valence-electron chi connectivity index (χ4n) is 1.89. The van der Waals surface area contributed by atoms with Gasteiger partial charge in [-0.3, -0.25) is 0 Å². The van der Waals surface area contributed by atoms with Crippen molar-refractivity contribution in [2.24, 2.45) is 0 Å². The molecule has 0 saturated carbocycles. The number of sulfonamides is 1. The molecule has 1 heterocycles. The van der Waals surface area contributed by atoms with Crippen LogP contribution < -0.4 is 4.72 Å². The summed E-state index contributed by atoms with van der Waals surface area (Å²) in [6.45, 7) is 3.41. The van der Waals surface area contributed by atoms with Crippen LogP contribution in [0, 0.1) is 0 Å². The molecule has 0 aliphatic heterocycles. The Morgan fingerprint density at radius 3 is 2.33 bits per heavy atom. The third-order valence-electron chi connectivity index (χ3n) is 2.65. The van der Waals surface area contributed by atoms with E-state index in [1.807, 2.05) is 0 Å². The molecule has 1 aromatic rings. The van der Waals surface area contributed by atoms with Crippen LogP contribution in [-0.4, -0.2) is 50.5 Å². The smallest absolute Gasteiger partial charge is 0.352 e. The number of hydrogen-bond acceptors (Lipinski definition) is 5. The molecule has 1 unspecified atom stereocenters. The van der Waals surface area contributed by atoms with Crippen molar-refractivity contribution in [1.29, 1.82) is 0 Å². The minimum absolute atomic E-state index is 0.145. The molecule has 2 N–H and O–H groups in total. The SMILES string of the molecule is CCn1cc(S(=O)(=O)NC(C)CS(C)(=O)=O)cc1C(=O)O. The Morgan fingerprint density at radius 2 is 1.95 bits per heavy atom. The second-order valence-corrected chi connectivity index (χ2v) is 8.67. The minimum atomic E-state index is -3.98. The molecule has 0 saturated heterocycles. The van der Waals surface area contributed by atoms with Gasteiger partial charge in [0.25, 0.3) is 0 Å². The summed E-state index contributed by atoms with van der Waals surface area (Å²) in [6.07, 6.45) is 2.22. The van der Waals surface area contributed by atoms with E-state index >= 15 is 0 Å². The Balaban J connectivity index is 3.06. The molecule has 120 valence electrons. The lowest BCUT2D eigenvalue weighted by Gasteiger charge is -2.12. The summed E-state index contributed by atoms with van der Waals surface area (Å²) in [6, 6.07) is 0.227. The van der Waals surface area contributed by atoms with Crippen LogP contribution in [0.4, 0.5) is 0 Å². The summed E-state index contributed by atoms with van der Waals surface area (Å²) in [7, 11) is -7.30. The molecule has 8 nitrogen and oxygen atoms in total. The molecule has 0 radical (unpaired) electrons. The molecule has 0 bridgehead atoms. The highest BCUT2D eigenvalue weighted by molar-refractivity contribution is 7.91. The molecule has 1 rings (SSSR count). The van der Waals surface area contributed by atoms with Gasteiger partial charge < -0.3 is 9.67 Å². The van der Waals surface area contributed by atoms with E-state index in [1.165, 1.54) is 17.7 Å². The van der Waals surface area contributed by atoms with Crippen molar-refractivity contribution >= 4 is 25.8 Å². The van der Waals surface area contributed by atoms with Crippen molar-refractivity contribution in [3.05, 3.63) is 18.0 Å². The molecular weight excluding hydrogens is 320 g/mol. The molecule has 10 heteroatoms. The van der Waals surface area contributed by atoms with Crippen molar-refractivity contribution < 1.29 is 26.7 Å². The highest BCUT2D eigenvalue weighted by atomic mass is 32.2. The van der Waals surface area contributed by atoms with E-state index in [-0.39, 0.29) is 16.3 Å². The maximum Gasteiger partial charge on any atom is 0.352 e. The summed E-state index contributed by atoms with van der Waals surface area (Å²) in [5.74, 6) is -1.57. The molecule has 0 aliphatic carbocycles. The van der Waals surface area contributed by atoms with E-state index in [4.69, 9.17) is 5.11 Å². The van der Waals surface area contributed by atoms with E-state index in [1.54, 1.807) is 6.92 Å². The maximum absolute atomic E-state index is 12.1. The molecule has 0 fully saturated rings. The fraction of sp³-hybridized carbons (Fsp3) is 0.545. The second kappa shape index (κ2) is 6.16. The van der Waals surface area contributed by atoms with Crippen molar-refractivity contribution in [3.8, 4) is 0 Å². The Morgan fingerprint density at radius 1 is 1.38 bits per heavy atom. The second-order valence-electron chi connectivity index (χ2n) is 4.77. The summed E-state index contributed by atoms with van der Waals surface area (Å²) in [4.78, 5) is 10.8. The van der Waals surface area contributed by atoms with Crippen LogP contribution in [0.2, 0.25) is 0 Å². The first-order valence-corrected chi connectivity index (χ1v) is 9.64. The Bertz CT molecular complexity index is 733. The number of nitrogens with one attached hydrogen (secondary N) is 1.